The maximum absolute atomic E-state index is 10.6. The van der Waals surface area contributed by atoms with Gasteiger partial charge in [-0.2, -0.15) is 0 Å². The van der Waals surface area contributed by atoms with Crippen LogP contribution in [0.25, 0.3) is 0 Å². The topological polar surface area (TPSA) is 107 Å². The van der Waals surface area contributed by atoms with Gasteiger partial charge in [-0.3, -0.25) is 10.7 Å². The molecule has 0 spiro atoms. The van der Waals surface area contributed by atoms with Gasteiger partial charge in [0.1, 0.15) is 0 Å². The number of benzene rings is 1. The number of hydrogen-bond donors (Lipinski definition) is 4. The lowest BCUT2D eigenvalue weighted by Gasteiger charge is -2.04. The Morgan fingerprint density at radius 3 is 2.21 bits per heavy atom. The average molecular weight is 197 g/mol. The van der Waals surface area contributed by atoms with E-state index in [9.17, 15) is 9.59 Å². The van der Waals surface area contributed by atoms with Crippen LogP contribution in [0.15, 0.2) is 18.2 Å². The number of carboxylic acids is 2. The molecule has 1 aromatic carbocycles. The van der Waals surface area contributed by atoms with Crippen LogP contribution in [0, 0.1) is 0 Å². The van der Waals surface area contributed by atoms with Gasteiger partial charge in [-0.1, -0.05) is 0 Å². The first-order valence-corrected chi connectivity index (χ1v) is 3.57. The summed E-state index contributed by atoms with van der Waals surface area (Å²) >= 11 is 0. The molecular weight excluding hydrogens is 190 g/mol. The summed E-state index contributed by atoms with van der Waals surface area (Å²) in [5.41, 5.74) is 1.17. The van der Waals surface area contributed by atoms with Crippen LogP contribution in [0.2, 0.25) is 0 Å². The summed E-state index contributed by atoms with van der Waals surface area (Å²) in [5.74, 6) is -2.45. The Bertz CT molecular complexity index is 387. The number of carboxylic acid groups (broad SMARTS) is 2. The molecule has 0 heterocycles. The van der Waals surface area contributed by atoms with E-state index in [1.165, 1.54) is 0 Å². The van der Waals surface area contributed by atoms with Crippen molar-refractivity contribution >= 4 is 17.6 Å². The fourth-order valence-electron chi connectivity index (χ4n) is 0.956. The second-order valence-electron chi connectivity index (χ2n) is 2.48. The third-order valence-corrected chi connectivity index (χ3v) is 1.62. The standard InChI is InChI=1S/C8H7NO5/c10-7(11)4-1-2-5(8(12)13)6(3-4)9-14/h1-3,9,14H,(H,10,11)(H,12,13). The molecular formula is C8H7NO5. The van der Waals surface area contributed by atoms with Gasteiger partial charge in [-0.25, -0.2) is 9.59 Å². The number of carbonyl (C=O) groups is 2. The Kier molecular flexibility index (Phi) is 2.68. The predicted molar refractivity (Wildman–Crippen MR) is 45.8 cm³/mol. The van der Waals surface area contributed by atoms with Crippen molar-refractivity contribution in [3.05, 3.63) is 29.3 Å². The number of anilines is 1. The van der Waals surface area contributed by atoms with Crippen molar-refractivity contribution in [2.45, 2.75) is 0 Å². The van der Waals surface area contributed by atoms with E-state index in [-0.39, 0.29) is 16.8 Å². The summed E-state index contributed by atoms with van der Waals surface area (Å²) < 4.78 is 0. The van der Waals surface area contributed by atoms with E-state index in [0.717, 1.165) is 18.2 Å². The van der Waals surface area contributed by atoms with E-state index >= 15 is 0 Å². The molecule has 6 heteroatoms. The molecule has 0 unspecified atom stereocenters. The van der Waals surface area contributed by atoms with Crippen LogP contribution < -0.4 is 5.48 Å². The van der Waals surface area contributed by atoms with Gasteiger partial charge < -0.3 is 10.2 Å². The molecule has 0 fully saturated rings. The number of rotatable bonds is 3. The highest BCUT2D eigenvalue weighted by Gasteiger charge is 2.12. The maximum Gasteiger partial charge on any atom is 0.337 e. The molecule has 0 aliphatic rings. The lowest BCUT2D eigenvalue weighted by atomic mass is 10.1. The number of nitrogens with one attached hydrogen (secondary N) is 1. The molecule has 0 saturated carbocycles. The zero-order valence-corrected chi connectivity index (χ0v) is 6.89. The summed E-state index contributed by atoms with van der Waals surface area (Å²) in [5, 5.41) is 25.8. The first-order valence-electron chi connectivity index (χ1n) is 3.57. The second-order valence-corrected chi connectivity index (χ2v) is 2.48. The Morgan fingerprint density at radius 2 is 1.79 bits per heavy atom. The van der Waals surface area contributed by atoms with Crippen LogP contribution in [0.5, 0.6) is 0 Å². The van der Waals surface area contributed by atoms with Crippen LogP contribution in [-0.4, -0.2) is 27.4 Å². The Hall–Kier alpha value is -2.08. The molecule has 0 saturated heterocycles. The molecule has 0 amide bonds. The van der Waals surface area contributed by atoms with Gasteiger partial charge in [0.05, 0.1) is 16.8 Å². The van der Waals surface area contributed by atoms with Gasteiger partial charge in [0.2, 0.25) is 0 Å². The normalized spacial score (nSPS) is 9.50. The van der Waals surface area contributed by atoms with Crippen molar-refractivity contribution in [3.8, 4) is 0 Å². The predicted octanol–water partition coefficient (Wildman–Crippen LogP) is 0.884. The number of hydrogen-bond acceptors (Lipinski definition) is 4. The lowest BCUT2D eigenvalue weighted by Crippen LogP contribution is -2.05. The molecule has 14 heavy (non-hydrogen) atoms. The average Bonchev–Trinajstić information content (AvgIpc) is 2.16. The Labute approximate surface area is 78.4 Å². The highest BCUT2D eigenvalue weighted by atomic mass is 16.5. The minimum atomic E-state index is -1.25. The van der Waals surface area contributed by atoms with Crippen LogP contribution in [0.1, 0.15) is 20.7 Å². The fourth-order valence-corrected chi connectivity index (χ4v) is 0.956. The van der Waals surface area contributed by atoms with Crippen LogP contribution in [0.4, 0.5) is 5.69 Å². The van der Waals surface area contributed by atoms with E-state index in [1.54, 1.807) is 5.48 Å². The van der Waals surface area contributed by atoms with Gasteiger partial charge in [-0.05, 0) is 18.2 Å². The third-order valence-electron chi connectivity index (χ3n) is 1.62. The van der Waals surface area contributed by atoms with Crippen molar-refractivity contribution in [1.29, 1.82) is 0 Å². The van der Waals surface area contributed by atoms with Crippen LogP contribution in [-0.2, 0) is 0 Å². The van der Waals surface area contributed by atoms with Crippen molar-refractivity contribution < 1.29 is 25.0 Å². The van der Waals surface area contributed by atoms with Crippen molar-refractivity contribution in [2.24, 2.45) is 0 Å². The largest absolute Gasteiger partial charge is 0.478 e. The lowest BCUT2D eigenvalue weighted by molar-refractivity contribution is 0.0681. The van der Waals surface area contributed by atoms with Gasteiger partial charge in [0.25, 0.3) is 0 Å². The summed E-state index contributed by atoms with van der Waals surface area (Å²) in [6.07, 6.45) is 0. The van der Waals surface area contributed by atoms with Crippen molar-refractivity contribution in [2.75, 3.05) is 5.48 Å². The molecule has 6 nitrogen and oxygen atoms in total. The highest BCUT2D eigenvalue weighted by Crippen LogP contribution is 2.17. The maximum atomic E-state index is 10.6. The molecule has 0 atom stereocenters. The monoisotopic (exact) mass is 197 g/mol. The van der Waals surface area contributed by atoms with Gasteiger partial charge in [-0.15, -0.1) is 0 Å². The Morgan fingerprint density at radius 1 is 1.14 bits per heavy atom. The number of aromatic carboxylic acids is 2. The molecule has 1 rings (SSSR count). The van der Waals surface area contributed by atoms with E-state index in [2.05, 4.69) is 0 Å². The van der Waals surface area contributed by atoms with Crippen LogP contribution in [0.3, 0.4) is 0 Å². The van der Waals surface area contributed by atoms with Crippen molar-refractivity contribution in [1.82, 2.24) is 0 Å². The zero-order valence-electron chi connectivity index (χ0n) is 6.89. The van der Waals surface area contributed by atoms with Gasteiger partial charge >= 0.3 is 11.9 Å². The summed E-state index contributed by atoms with van der Waals surface area (Å²) in [6, 6.07) is 3.28. The molecule has 4 N–H and O–H groups in total. The summed E-state index contributed by atoms with van der Waals surface area (Å²) in [7, 11) is 0. The second kappa shape index (κ2) is 3.75. The van der Waals surface area contributed by atoms with Gasteiger partial charge in [0.15, 0.2) is 0 Å². The quantitative estimate of drug-likeness (QED) is 0.536. The molecule has 0 aromatic heterocycles. The highest BCUT2D eigenvalue weighted by molar-refractivity contribution is 5.97. The van der Waals surface area contributed by atoms with Crippen LogP contribution >= 0.6 is 0 Å². The smallest absolute Gasteiger partial charge is 0.337 e. The van der Waals surface area contributed by atoms with E-state index in [1.807, 2.05) is 0 Å². The molecule has 0 aliphatic heterocycles. The Balaban J connectivity index is 3.25. The molecule has 74 valence electrons. The van der Waals surface area contributed by atoms with E-state index in [4.69, 9.17) is 15.4 Å². The molecule has 0 aliphatic carbocycles. The fraction of sp³-hybridized carbons (Fsp3) is 0. The first-order chi connectivity index (χ1) is 6.56. The minimum absolute atomic E-state index is 0.105. The molecule has 0 bridgehead atoms. The first kappa shape index (κ1) is 10.0. The molecule has 1 aromatic rings. The van der Waals surface area contributed by atoms with E-state index in [0.29, 0.717) is 0 Å². The van der Waals surface area contributed by atoms with Gasteiger partial charge in [0, 0.05) is 0 Å². The minimum Gasteiger partial charge on any atom is -0.478 e. The van der Waals surface area contributed by atoms with Crippen molar-refractivity contribution in [3.63, 3.8) is 0 Å². The van der Waals surface area contributed by atoms with E-state index < -0.39 is 11.9 Å². The summed E-state index contributed by atoms with van der Waals surface area (Å²) in [6.45, 7) is 0. The SMILES string of the molecule is O=C(O)c1ccc(C(=O)O)c(NO)c1. The molecule has 0 radical (unpaired) electrons. The zero-order chi connectivity index (χ0) is 10.7. The summed E-state index contributed by atoms with van der Waals surface area (Å²) in [4.78, 5) is 21.1. The third kappa shape index (κ3) is 1.80.